The minimum atomic E-state index is -3.97. The maximum absolute atomic E-state index is 13.4. The third-order valence-corrected chi connectivity index (χ3v) is 7.52. The quantitative estimate of drug-likeness (QED) is 0.510. The van der Waals surface area contributed by atoms with Crippen molar-refractivity contribution < 1.29 is 17.9 Å². The highest BCUT2D eigenvalue weighted by Gasteiger charge is 2.27. The molecule has 0 saturated carbocycles. The van der Waals surface area contributed by atoms with Crippen LogP contribution < -0.4 is 10.1 Å². The van der Waals surface area contributed by atoms with Crippen molar-refractivity contribution in [2.75, 3.05) is 20.2 Å². The summed E-state index contributed by atoms with van der Waals surface area (Å²) in [6, 6.07) is 13.5. The van der Waals surface area contributed by atoms with Gasteiger partial charge in [0, 0.05) is 13.1 Å². The van der Waals surface area contributed by atoms with Gasteiger partial charge in [0.05, 0.1) is 23.6 Å². The first kappa shape index (κ1) is 24.3. The van der Waals surface area contributed by atoms with Crippen molar-refractivity contribution in [3.63, 3.8) is 0 Å². The zero-order valence-corrected chi connectivity index (χ0v) is 19.8. The predicted octanol–water partition coefficient (Wildman–Crippen LogP) is 4.55. The Labute approximate surface area is 195 Å². The maximum Gasteiger partial charge on any atom is 0.243 e. The second kappa shape index (κ2) is 11.5. The van der Waals surface area contributed by atoms with Gasteiger partial charge in [0.15, 0.2) is 0 Å². The number of sulfonamides is 1. The SMILES string of the molecule is COc1ccc(S(=O)(=O)N(CC(=O)NCCC2=CCCCC2)Cc2ccccc2)cc1Cl. The van der Waals surface area contributed by atoms with E-state index in [2.05, 4.69) is 11.4 Å². The van der Waals surface area contributed by atoms with Crippen LogP contribution in [0.3, 0.4) is 0 Å². The third-order valence-electron chi connectivity index (χ3n) is 5.44. The molecular formula is C24H29ClN2O4S. The summed E-state index contributed by atoms with van der Waals surface area (Å²) in [5.41, 5.74) is 2.15. The fourth-order valence-electron chi connectivity index (χ4n) is 3.68. The summed E-state index contributed by atoms with van der Waals surface area (Å²) >= 11 is 6.16. The summed E-state index contributed by atoms with van der Waals surface area (Å²) in [5, 5.41) is 3.06. The van der Waals surface area contributed by atoms with Gasteiger partial charge in [-0.25, -0.2) is 8.42 Å². The average Bonchev–Trinajstić information content (AvgIpc) is 2.80. The van der Waals surface area contributed by atoms with Crippen LogP contribution >= 0.6 is 11.6 Å². The average molecular weight is 477 g/mol. The topological polar surface area (TPSA) is 75.7 Å². The third kappa shape index (κ3) is 6.58. The molecule has 0 unspecified atom stereocenters. The number of rotatable bonds is 10. The van der Waals surface area contributed by atoms with Gasteiger partial charge in [0.2, 0.25) is 15.9 Å². The van der Waals surface area contributed by atoms with Gasteiger partial charge in [0.1, 0.15) is 5.75 Å². The zero-order valence-electron chi connectivity index (χ0n) is 18.2. The Balaban J connectivity index is 1.74. The number of nitrogens with zero attached hydrogens (tertiary/aromatic N) is 1. The van der Waals surface area contributed by atoms with Crippen LogP contribution in [0.15, 0.2) is 65.1 Å². The Morgan fingerprint density at radius 3 is 2.59 bits per heavy atom. The van der Waals surface area contributed by atoms with Crippen LogP contribution in [0.25, 0.3) is 0 Å². The zero-order chi connectivity index (χ0) is 23.0. The first-order valence-corrected chi connectivity index (χ1v) is 12.5. The van der Waals surface area contributed by atoms with Gasteiger partial charge in [-0.3, -0.25) is 4.79 Å². The van der Waals surface area contributed by atoms with Crippen molar-refractivity contribution in [2.24, 2.45) is 0 Å². The van der Waals surface area contributed by atoms with E-state index in [0.717, 1.165) is 24.8 Å². The molecule has 0 aliphatic heterocycles. The first-order valence-electron chi connectivity index (χ1n) is 10.7. The van der Waals surface area contributed by atoms with Crippen LogP contribution in [0.5, 0.6) is 5.75 Å². The Morgan fingerprint density at radius 2 is 1.94 bits per heavy atom. The second-order valence-electron chi connectivity index (χ2n) is 7.76. The molecule has 2 aromatic rings. The highest BCUT2D eigenvalue weighted by molar-refractivity contribution is 7.89. The van der Waals surface area contributed by atoms with Crippen LogP contribution in [-0.4, -0.2) is 38.8 Å². The van der Waals surface area contributed by atoms with Gasteiger partial charge in [-0.05, 0) is 55.9 Å². The largest absolute Gasteiger partial charge is 0.495 e. The van der Waals surface area contributed by atoms with E-state index in [1.165, 1.54) is 48.0 Å². The molecular weight excluding hydrogens is 448 g/mol. The number of methoxy groups -OCH3 is 1. The van der Waals surface area contributed by atoms with E-state index in [1.54, 1.807) is 0 Å². The number of nitrogens with one attached hydrogen (secondary N) is 1. The van der Waals surface area contributed by atoms with Crippen LogP contribution in [0.2, 0.25) is 5.02 Å². The van der Waals surface area contributed by atoms with Crippen molar-refractivity contribution in [3.8, 4) is 5.75 Å². The molecule has 1 N–H and O–H groups in total. The minimum absolute atomic E-state index is 0.0133. The van der Waals surface area contributed by atoms with E-state index < -0.39 is 10.0 Å². The number of allylic oxidation sites excluding steroid dienone is 1. The van der Waals surface area contributed by atoms with E-state index in [-0.39, 0.29) is 28.9 Å². The smallest absolute Gasteiger partial charge is 0.243 e. The fraction of sp³-hybridized carbons (Fsp3) is 0.375. The molecule has 0 saturated heterocycles. The van der Waals surface area contributed by atoms with Crippen molar-refractivity contribution >= 4 is 27.5 Å². The lowest BCUT2D eigenvalue weighted by Gasteiger charge is -2.22. The van der Waals surface area contributed by atoms with E-state index >= 15 is 0 Å². The number of carbonyl (C=O) groups excluding carboxylic acids is 1. The monoisotopic (exact) mass is 476 g/mol. The summed E-state index contributed by atoms with van der Waals surface area (Å²) in [7, 11) is -2.50. The Bertz CT molecular complexity index is 1050. The Kier molecular flexibility index (Phi) is 8.73. The molecule has 32 heavy (non-hydrogen) atoms. The Hall–Kier alpha value is -2.35. The molecule has 3 rings (SSSR count). The lowest BCUT2D eigenvalue weighted by Crippen LogP contribution is -2.40. The molecule has 0 aromatic heterocycles. The highest BCUT2D eigenvalue weighted by atomic mass is 35.5. The molecule has 172 valence electrons. The number of carbonyl (C=O) groups is 1. The van der Waals surface area contributed by atoms with Gasteiger partial charge < -0.3 is 10.1 Å². The van der Waals surface area contributed by atoms with Gasteiger partial charge in [-0.1, -0.05) is 53.6 Å². The van der Waals surface area contributed by atoms with Gasteiger partial charge in [-0.15, -0.1) is 0 Å². The molecule has 0 radical (unpaired) electrons. The summed E-state index contributed by atoms with van der Waals surface area (Å²) in [6.07, 6.45) is 7.62. The summed E-state index contributed by atoms with van der Waals surface area (Å²) in [4.78, 5) is 12.7. The number of hydrogen-bond acceptors (Lipinski definition) is 4. The standard InChI is InChI=1S/C24H29ClN2O4S/c1-31-23-13-12-21(16-22(23)25)32(29,30)27(17-20-10-6-3-7-11-20)18-24(28)26-15-14-19-8-4-2-5-9-19/h3,6-8,10-13,16H,2,4-5,9,14-15,17-18H2,1H3,(H,26,28). The van der Waals surface area contributed by atoms with E-state index in [4.69, 9.17) is 16.3 Å². The predicted molar refractivity (Wildman–Crippen MR) is 126 cm³/mol. The van der Waals surface area contributed by atoms with Gasteiger partial charge in [0.25, 0.3) is 0 Å². The molecule has 0 fully saturated rings. The maximum atomic E-state index is 13.4. The lowest BCUT2D eigenvalue weighted by molar-refractivity contribution is -0.121. The summed E-state index contributed by atoms with van der Waals surface area (Å²) in [5.74, 6) is 0.0514. The molecule has 6 nitrogen and oxygen atoms in total. The molecule has 1 aliphatic rings. The van der Waals surface area contributed by atoms with E-state index in [0.29, 0.717) is 12.3 Å². The summed E-state index contributed by atoms with van der Waals surface area (Å²) < 4.78 is 33.1. The number of ether oxygens (including phenoxy) is 1. The summed E-state index contributed by atoms with van der Waals surface area (Å²) in [6.45, 7) is 0.295. The van der Waals surface area contributed by atoms with Crippen molar-refractivity contribution in [1.29, 1.82) is 0 Å². The highest BCUT2D eigenvalue weighted by Crippen LogP contribution is 2.29. The van der Waals surface area contributed by atoms with Crippen LogP contribution in [-0.2, 0) is 21.4 Å². The number of amides is 1. The normalized spacial score (nSPS) is 14.2. The number of halogens is 1. The molecule has 0 spiro atoms. The van der Waals surface area contributed by atoms with Crippen LogP contribution in [0, 0.1) is 0 Å². The van der Waals surface area contributed by atoms with Gasteiger partial charge >= 0.3 is 0 Å². The van der Waals surface area contributed by atoms with Crippen molar-refractivity contribution in [3.05, 3.63) is 70.8 Å². The van der Waals surface area contributed by atoms with E-state index in [9.17, 15) is 13.2 Å². The molecule has 0 bridgehead atoms. The number of benzene rings is 2. The fourth-order valence-corrected chi connectivity index (χ4v) is 5.41. The molecule has 0 atom stereocenters. The second-order valence-corrected chi connectivity index (χ2v) is 10.1. The van der Waals surface area contributed by atoms with Crippen LogP contribution in [0.1, 0.15) is 37.7 Å². The number of hydrogen-bond donors (Lipinski definition) is 1. The van der Waals surface area contributed by atoms with Crippen molar-refractivity contribution in [2.45, 2.75) is 43.5 Å². The van der Waals surface area contributed by atoms with Crippen LogP contribution in [0.4, 0.5) is 0 Å². The Morgan fingerprint density at radius 1 is 1.16 bits per heavy atom. The minimum Gasteiger partial charge on any atom is -0.495 e. The molecule has 2 aromatic carbocycles. The lowest BCUT2D eigenvalue weighted by atomic mass is 9.97. The molecule has 1 aliphatic carbocycles. The first-order chi connectivity index (χ1) is 15.4. The molecule has 1 amide bonds. The van der Waals surface area contributed by atoms with Crippen molar-refractivity contribution in [1.82, 2.24) is 9.62 Å². The van der Waals surface area contributed by atoms with Gasteiger partial charge in [-0.2, -0.15) is 4.31 Å². The molecule has 8 heteroatoms. The van der Waals surface area contributed by atoms with E-state index in [1.807, 2.05) is 30.3 Å². The molecule has 0 heterocycles.